The van der Waals surface area contributed by atoms with Crippen LogP contribution in [-0.4, -0.2) is 15.0 Å². The van der Waals surface area contributed by atoms with E-state index in [0.717, 1.165) is 34.7 Å². The summed E-state index contributed by atoms with van der Waals surface area (Å²) in [5.41, 5.74) is 11.9. The zero-order chi connectivity index (χ0) is 16.5. The first-order valence-electron chi connectivity index (χ1n) is 8.15. The predicted octanol–water partition coefficient (Wildman–Crippen LogP) is 4.11. The summed E-state index contributed by atoms with van der Waals surface area (Å²) in [7, 11) is 0. The maximum Gasteiger partial charge on any atom is 0.124 e. The normalized spacial score (nSPS) is 12.6. The molecule has 0 unspecified atom stereocenters. The lowest BCUT2D eigenvalue weighted by molar-refractivity contribution is 0.679. The van der Waals surface area contributed by atoms with Crippen molar-refractivity contribution in [3.63, 3.8) is 0 Å². The fourth-order valence-corrected chi connectivity index (χ4v) is 3.17. The summed E-state index contributed by atoms with van der Waals surface area (Å²) in [4.78, 5) is 11.4. The molecule has 2 aromatic carbocycles. The number of aromatic amines is 2. The molecule has 0 amide bonds. The van der Waals surface area contributed by atoms with Gasteiger partial charge in [-0.3, -0.25) is 0 Å². The molecule has 24 heavy (non-hydrogen) atoms. The molecule has 2 aromatic heterocycles. The second kappa shape index (κ2) is 5.98. The van der Waals surface area contributed by atoms with Crippen LogP contribution in [-0.2, 0) is 6.42 Å². The quantitative estimate of drug-likeness (QED) is 0.530. The number of aromatic nitrogens is 3. The number of nitrogens with one attached hydrogen (secondary N) is 2. The first kappa shape index (κ1) is 14.7. The Hall–Kier alpha value is -2.85. The van der Waals surface area contributed by atoms with Crippen LogP contribution in [0.5, 0.6) is 0 Å². The summed E-state index contributed by atoms with van der Waals surface area (Å²) in [5, 5.41) is 1.22. The average molecular weight is 316 g/mol. The molecule has 0 bridgehead atoms. The lowest BCUT2D eigenvalue weighted by Crippen LogP contribution is -2.15. The topological polar surface area (TPSA) is 70.5 Å². The van der Waals surface area contributed by atoms with Crippen molar-refractivity contribution >= 4 is 10.9 Å². The molecule has 4 rings (SSSR count). The highest BCUT2D eigenvalue weighted by atomic mass is 15.0. The van der Waals surface area contributed by atoms with Gasteiger partial charge >= 0.3 is 0 Å². The molecule has 4 N–H and O–H groups in total. The van der Waals surface area contributed by atoms with Gasteiger partial charge in [-0.25, -0.2) is 4.98 Å². The lowest BCUT2D eigenvalue weighted by Gasteiger charge is -2.08. The molecule has 2 heterocycles. The molecule has 4 aromatic rings. The van der Waals surface area contributed by atoms with Crippen LogP contribution in [0, 0.1) is 6.92 Å². The summed E-state index contributed by atoms with van der Waals surface area (Å²) in [6, 6.07) is 18.3. The minimum absolute atomic E-state index is 0.166. The molecular weight excluding hydrogens is 296 g/mol. The zero-order valence-corrected chi connectivity index (χ0v) is 13.6. The van der Waals surface area contributed by atoms with Gasteiger partial charge in [0, 0.05) is 28.4 Å². The maximum atomic E-state index is 6.43. The van der Waals surface area contributed by atoms with Gasteiger partial charge in [-0.05, 0) is 25.0 Å². The van der Waals surface area contributed by atoms with E-state index < -0.39 is 0 Å². The van der Waals surface area contributed by atoms with Crippen molar-refractivity contribution < 1.29 is 0 Å². The summed E-state index contributed by atoms with van der Waals surface area (Å²) in [6.07, 6.45) is 2.78. The van der Waals surface area contributed by atoms with Gasteiger partial charge in [0.1, 0.15) is 5.82 Å². The van der Waals surface area contributed by atoms with E-state index in [0.29, 0.717) is 0 Å². The number of nitrogens with two attached hydrogens (primary N) is 1. The first-order valence-corrected chi connectivity index (χ1v) is 8.15. The van der Waals surface area contributed by atoms with Crippen LogP contribution in [0.4, 0.5) is 0 Å². The SMILES string of the molecule is Cc1[nH]c([C@H](N)Cc2c[nH]c3ccccc23)nc1-c1ccccc1. The third-order valence-electron chi connectivity index (χ3n) is 4.42. The third-order valence-corrected chi connectivity index (χ3v) is 4.42. The van der Waals surface area contributed by atoms with Crippen LogP contribution in [0.1, 0.15) is 23.1 Å². The number of aryl methyl sites for hydroxylation is 1. The Bertz CT molecular complexity index is 966. The van der Waals surface area contributed by atoms with E-state index in [9.17, 15) is 0 Å². The van der Waals surface area contributed by atoms with Crippen LogP contribution in [0.2, 0.25) is 0 Å². The molecule has 0 aliphatic rings. The number of para-hydroxylation sites is 1. The predicted molar refractivity (Wildman–Crippen MR) is 97.7 cm³/mol. The minimum Gasteiger partial charge on any atom is -0.361 e. The second-order valence-electron chi connectivity index (χ2n) is 6.13. The Labute approximate surface area is 140 Å². The number of nitrogens with zero attached hydrogens (tertiary/aromatic N) is 1. The van der Waals surface area contributed by atoms with Gasteiger partial charge in [0.05, 0.1) is 11.7 Å². The number of fused-ring (bicyclic) bond motifs is 1. The van der Waals surface area contributed by atoms with Crippen LogP contribution >= 0.6 is 0 Å². The smallest absolute Gasteiger partial charge is 0.124 e. The second-order valence-corrected chi connectivity index (χ2v) is 6.13. The Morgan fingerprint density at radius 2 is 1.79 bits per heavy atom. The standard InChI is InChI=1S/C20H20N4/c1-13-19(14-7-3-2-4-8-14)24-20(23-13)17(21)11-15-12-22-18-10-6-5-9-16(15)18/h2-10,12,17,22H,11,21H2,1H3,(H,23,24)/t17-/m1/s1. The number of hydrogen-bond donors (Lipinski definition) is 3. The van der Waals surface area contributed by atoms with Crippen molar-refractivity contribution in [1.82, 2.24) is 15.0 Å². The van der Waals surface area contributed by atoms with E-state index >= 15 is 0 Å². The van der Waals surface area contributed by atoms with Gasteiger partial charge in [0.25, 0.3) is 0 Å². The minimum atomic E-state index is -0.166. The summed E-state index contributed by atoms with van der Waals surface area (Å²) in [6.45, 7) is 2.04. The molecule has 120 valence electrons. The van der Waals surface area contributed by atoms with Crippen molar-refractivity contribution in [2.75, 3.05) is 0 Å². The van der Waals surface area contributed by atoms with Crippen LogP contribution < -0.4 is 5.73 Å². The molecule has 0 aliphatic heterocycles. The van der Waals surface area contributed by atoms with Crippen LogP contribution in [0.25, 0.3) is 22.2 Å². The largest absolute Gasteiger partial charge is 0.361 e. The van der Waals surface area contributed by atoms with Gasteiger partial charge in [-0.2, -0.15) is 0 Å². The Morgan fingerprint density at radius 3 is 2.62 bits per heavy atom. The molecule has 4 nitrogen and oxygen atoms in total. The van der Waals surface area contributed by atoms with E-state index in [1.165, 1.54) is 10.9 Å². The van der Waals surface area contributed by atoms with Crippen molar-refractivity contribution in [1.29, 1.82) is 0 Å². The van der Waals surface area contributed by atoms with E-state index in [-0.39, 0.29) is 6.04 Å². The van der Waals surface area contributed by atoms with Crippen molar-refractivity contribution in [2.45, 2.75) is 19.4 Å². The number of rotatable bonds is 4. The molecule has 4 heteroatoms. The number of imidazole rings is 1. The Balaban J connectivity index is 1.62. The third kappa shape index (κ3) is 2.61. The zero-order valence-electron chi connectivity index (χ0n) is 13.6. The van der Waals surface area contributed by atoms with Crippen LogP contribution in [0.15, 0.2) is 60.8 Å². The van der Waals surface area contributed by atoms with Crippen molar-refractivity contribution in [3.8, 4) is 11.3 Å². The summed E-state index contributed by atoms with van der Waals surface area (Å²) >= 11 is 0. The maximum absolute atomic E-state index is 6.43. The molecule has 1 atom stereocenters. The molecular formula is C20H20N4. The number of benzene rings is 2. The van der Waals surface area contributed by atoms with E-state index in [1.54, 1.807) is 0 Å². The fourth-order valence-electron chi connectivity index (χ4n) is 3.17. The van der Waals surface area contributed by atoms with Gasteiger partial charge in [-0.1, -0.05) is 48.5 Å². The molecule has 0 spiro atoms. The van der Waals surface area contributed by atoms with Crippen molar-refractivity contribution in [2.24, 2.45) is 5.73 Å². The molecule has 0 radical (unpaired) electrons. The van der Waals surface area contributed by atoms with Gasteiger partial charge in [0.15, 0.2) is 0 Å². The first-order chi connectivity index (χ1) is 11.7. The molecule has 0 saturated carbocycles. The average Bonchev–Trinajstić information content (AvgIpc) is 3.20. The van der Waals surface area contributed by atoms with Gasteiger partial charge < -0.3 is 15.7 Å². The van der Waals surface area contributed by atoms with E-state index in [4.69, 9.17) is 10.7 Å². The molecule has 0 fully saturated rings. The van der Waals surface area contributed by atoms with E-state index in [1.807, 2.05) is 37.4 Å². The molecule has 0 saturated heterocycles. The van der Waals surface area contributed by atoms with Crippen LogP contribution in [0.3, 0.4) is 0 Å². The van der Waals surface area contributed by atoms with Crippen molar-refractivity contribution in [3.05, 3.63) is 77.9 Å². The summed E-state index contributed by atoms with van der Waals surface area (Å²) in [5.74, 6) is 0.830. The highest BCUT2D eigenvalue weighted by Gasteiger charge is 2.16. The fraction of sp³-hybridized carbons (Fsp3) is 0.150. The number of H-pyrrole nitrogens is 2. The van der Waals surface area contributed by atoms with E-state index in [2.05, 4.69) is 40.3 Å². The highest BCUT2D eigenvalue weighted by molar-refractivity contribution is 5.83. The number of hydrogen-bond acceptors (Lipinski definition) is 2. The Morgan fingerprint density at radius 1 is 1.04 bits per heavy atom. The highest BCUT2D eigenvalue weighted by Crippen LogP contribution is 2.25. The lowest BCUT2D eigenvalue weighted by atomic mass is 10.1. The van der Waals surface area contributed by atoms with Gasteiger partial charge in [-0.15, -0.1) is 0 Å². The summed E-state index contributed by atoms with van der Waals surface area (Å²) < 4.78 is 0. The Kier molecular flexibility index (Phi) is 3.67. The van der Waals surface area contributed by atoms with Gasteiger partial charge in [0.2, 0.25) is 0 Å². The molecule has 0 aliphatic carbocycles. The monoisotopic (exact) mass is 316 g/mol.